The van der Waals surface area contributed by atoms with Gasteiger partial charge in [-0.05, 0) is 49.8 Å². The van der Waals surface area contributed by atoms with Gasteiger partial charge in [0.15, 0.2) is 0 Å². The molecule has 2 aliphatic carbocycles. The minimum absolute atomic E-state index is 0. The molecule has 0 bridgehead atoms. The maximum Gasteiger partial charge on any atom is 0.227 e. The normalized spacial score (nSPS) is 24.4. The second-order valence-corrected chi connectivity index (χ2v) is 7.97. The van der Waals surface area contributed by atoms with Gasteiger partial charge in [-0.25, -0.2) is 0 Å². The molecule has 23 heavy (non-hydrogen) atoms. The number of thioether (sulfide) groups is 1. The predicted molar refractivity (Wildman–Crippen MR) is 101 cm³/mol. The number of hydrogen-bond donors (Lipinski definition) is 2. The van der Waals surface area contributed by atoms with Crippen LogP contribution in [0.3, 0.4) is 0 Å². The summed E-state index contributed by atoms with van der Waals surface area (Å²) in [6.45, 7) is 0. The topological polar surface area (TPSA) is 55.1 Å². The van der Waals surface area contributed by atoms with Gasteiger partial charge in [-0.2, -0.15) is 11.8 Å². The lowest BCUT2D eigenvalue weighted by Gasteiger charge is -2.13. The van der Waals surface area contributed by atoms with Crippen LogP contribution in [0.25, 0.3) is 0 Å². The maximum absolute atomic E-state index is 12.3. The highest BCUT2D eigenvalue weighted by Crippen LogP contribution is 2.32. The average Bonchev–Trinajstić information content (AvgIpc) is 3.17. The molecule has 0 radical (unpaired) electrons. The lowest BCUT2D eigenvalue weighted by molar-refractivity contribution is -0.119. The molecule has 5 heteroatoms. The van der Waals surface area contributed by atoms with E-state index in [4.69, 9.17) is 5.73 Å². The van der Waals surface area contributed by atoms with E-state index < -0.39 is 0 Å². The second kappa shape index (κ2) is 8.95. The molecule has 1 aromatic carbocycles. The first-order valence-electron chi connectivity index (χ1n) is 8.47. The van der Waals surface area contributed by atoms with Gasteiger partial charge < -0.3 is 11.1 Å². The number of rotatable bonds is 5. The van der Waals surface area contributed by atoms with Crippen molar-refractivity contribution in [2.75, 3.05) is 5.32 Å². The predicted octanol–water partition coefficient (Wildman–Crippen LogP) is 4.35. The van der Waals surface area contributed by atoms with Crippen molar-refractivity contribution in [3.8, 4) is 0 Å². The minimum atomic E-state index is 0. The van der Waals surface area contributed by atoms with Crippen LogP contribution in [0.4, 0.5) is 5.69 Å². The Labute approximate surface area is 149 Å². The number of halogens is 1. The third-order valence-electron chi connectivity index (χ3n) is 4.83. The van der Waals surface area contributed by atoms with E-state index >= 15 is 0 Å². The molecule has 2 unspecified atom stereocenters. The number of carbonyl (C=O) groups is 1. The Morgan fingerprint density at radius 1 is 1.22 bits per heavy atom. The lowest BCUT2D eigenvalue weighted by Crippen LogP contribution is -2.23. The van der Waals surface area contributed by atoms with Crippen molar-refractivity contribution in [1.82, 2.24) is 0 Å². The molecule has 3 rings (SSSR count). The van der Waals surface area contributed by atoms with Crippen LogP contribution < -0.4 is 11.1 Å². The number of hydrogen-bond acceptors (Lipinski definition) is 3. The molecule has 2 aliphatic rings. The van der Waals surface area contributed by atoms with Crippen LogP contribution >= 0.6 is 24.2 Å². The third kappa shape index (κ3) is 5.40. The van der Waals surface area contributed by atoms with Gasteiger partial charge in [0.25, 0.3) is 0 Å². The van der Waals surface area contributed by atoms with Crippen LogP contribution in [0.2, 0.25) is 0 Å². The zero-order valence-corrected chi connectivity index (χ0v) is 15.1. The fourth-order valence-electron chi connectivity index (χ4n) is 3.51. The van der Waals surface area contributed by atoms with Crippen molar-refractivity contribution in [2.24, 2.45) is 11.7 Å². The maximum atomic E-state index is 12.3. The smallest absolute Gasteiger partial charge is 0.227 e. The van der Waals surface area contributed by atoms with E-state index in [1.807, 2.05) is 12.1 Å². The number of amides is 1. The van der Waals surface area contributed by atoms with Crippen molar-refractivity contribution in [1.29, 1.82) is 0 Å². The van der Waals surface area contributed by atoms with Crippen LogP contribution in [0.15, 0.2) is 24.3 Å². The van der Waals surface area contributed by atoms with E-state index in [0.717, 1.165) is 36.0 Å². The fourth-order valence-corrected chi connectivity index (χ4v) is 4.78. The molecule has 2 atom stereocenters. The molecular formula is C18H27ClN2OS. The van der Waals surface area contributed by atoms with Crippen molar-refractivity contribution in [3.63, 3.8) is 0 Å². The SMILES string of the molecule is Cl.NC1CCC(C(=O)Nc2cccc(CSC3CCCC3)c2)C1. The first-order chi connectivity index (χ1) is 10.7. The van der Waals surface area contributed by atoms with E-state index in [1.54, 1.807) is 0 Å². The highest BCUT2D eigenvalue weighted by atomic mass is 35.5. The van der Waals surface area contributed by atoms with Gasteiger partial charge in [0.2, 0.25) is 5.91 Å². The second-order valence-electron chi connectivity index (χ2n) is 6.68. The summed E-state index contributed by atoms with van der Waals surface area (Å²) in [6, 6.07) is 8.50. The van der Waals surface area contributed by atoms with Crippen molar-refractivity contribution in [3.05, 3.63) is 29.8 Å². The van der Waals surface area contributed by atoms with E-state index in [9.17, 15) is 4.79 Å². The Kier molecular flexibility index (Phi) is 7.25. The standard InChI is InChI=1S/C18H26N2OS.ClH/c19-15-9-8-14(11-15)18(21)20-16-5-3-4-13(10-16)12-22-17-6-1-2-7-17;/h3-5,10,14-15,17H,1-2,6-9,11-12,19H2,(H,20,21);1H. The molecule has 2 fully saturated rings. The van der Waals surface area contributed by atoms with Gasteiger partial charge in [-0.3, -0.25) is 4.79 Å². The molecule has 0 aromatic heterocycles. The van der Waals surface area contributed by atoms with Crippen molar-refractivity contribution >= 4 is 35.8 Å². The highest BCUT2D eigenvalue weighted by molar-refractivity contribution is 7.99. The molecule has 1 aromatic rings. The van der Waals surface area contributed by atoms with Gasteiger partial charge in [-0.15, -0.1) is 12.4 Å². The van der Waals surface area contributed by atoms with Crippen LogP contribution in [0.1, 0.15) is 50.5 Å². The van der Waals surface area contributed by atoms with Gasteiger partial charge in [0.1, 0.15) is 0 Å². The Balaban J connectivity index is 0.00000192. The van der Waals surface area contributed by atoms with Crippen molar-refractivity contribution < 1.29 is 4.79 Å². The summed E-state index contributed by atoms with van der Waals surface area (Å²) in [5.74, 6) is 1.27. The Morgan fingerprint density at radius 2 is 2.00 bits per heavy atom. The Morgan fingerprint density at radius 3 is 2.70 bits per heavy atom. The van der Waals surface area contributed by atoms with Crippen LogP contribution in [-0.4, -0.2) is 17.2 Å². The molecular weight excluding hydrogens is 328 g/mol. The molecule has 3 nitrogen and oxygen atoms in total. The molecule has 3 N–H and O–H groups in total. The monoisotopic (exact) mass is 354 g/mol. The molecule has 128 valence electrons. The summed E-state index contributed by atoms with van der Waals surface area (Å²) < 4.78 is 0. The molecule has 0 spiro atoms. The molecule has 0 saturated heterocycles. The van der Waals surface area contributed by atoms with Crippen LogP contribution in [0.5, 0.6) is 0 Å². The lowest BCUT2D eigenvalue weighted by atomic mass is 10.1. The molecule has 2 saturated carbocycles. The zero-order chi connectivity index (χ0) is 15.4. The minimum Gasteiger partial charge on any atom is -0.328 e. The number of nitrogens with one attached hydrogen (secondary N) is 1. The third-order valence-corrected chi connectivity index (χ3v) is 6.27. The van der Waals surface area contributed by atoms with Gasteiger partial charge >= 0.3 is 0 Å². The summed E-state index contributed by atoms with van der Waals surface area (Å²) in [6.07, 6.45) is 8.21. The molecule has 1 amide bonds. The Bertz CT molecular complexity index is 519. The first-order valence-corrected chi connectivity index (χ1v) is 9.52. The number of anilines is 1. The van der Waals surface area contributed by atoms with Crippen LogP contribution in [0, 0.1) is 5.92 Å². The summed E-state index contributed by atoms with van der Waals surface area (Å²) in [4.78, 5) is 12.3. The summed E-state index contributed by atoms with van der Waals surface area (Å²) >= 11 is 2.06. The zero-order valence-electron chi connectivity index (χ0n) is 13.5. The molecule has 0 aliphatic heterocycles. The van der Waals surface area contributed by atoms with Gasteiger partial charge in [0.05, 0.1) is 0 Å². The van der Waals surface area contributed by atoms with E-state index in [1.165, 1.54) is 31.2 Å². The number of nitrogens with two attached hydrogens (primary N) is 1. The summed E-state index contributed by atoms with van der Waals surface area (Å²) in [5.41, 5.74) is 8.13. The highest BCUT2D eigenvalue weighted by Gasteiger charge is 2.27. The van der Waals surface area contributed by atoms with E-state index in [0.29, 0.717) is 0 Å². The summed E-state index contributed by atoms with van der Waals surface area (Å²) in [5, 5.41) is 3.90. The average molecular weight is 355 g/mol. The molecule has 0 heterocycles. The van der Waals surface area contributed by atoms with E-state index in [-0.39, 0.29) is 30.3 Å². The summed E-state index contributed by atoms with van der Waals surface area (Å²) in [7, 11) is 0. The van der Waals surface area contributed by atoms with Crippen molar-refractivity contribution in [2.45, 2.75) is 62.0 Å². The fraction of sp³-hybridized carbons (Fsp3) is 0.611. The number of carbonyl (C=O) groups excluding carboxylic acids is 1. The Hall–Kier alpha value is -0.710. The largest absolute Gasteiger partial charge is 0.328 e. The quantitative estimate of drug-likeness (QED) is 0.826. The first kappa shape index (κ1) is 18.6. The van der Waals surface area contributed by atoms with Gasteiger partial charge in [-0.1, -0.05) is 25.0 Å². The number of benzene rings is 1. The van der Waals surface area contributed by atoms with Gasteiger partial charge in [0, 0.05) is 28.6 Å². The van der Waals surface area contributed by atoms with Crippen LogP contribution in [-0.2, 0) is 10.5 Å². The van der Waals surface area contributed by atoms with E-state index in [2.05, 4.69) is 29.2 Å².